The summed E-state index contributed by atoms with van der Waals surface area (Å²) in [6.45, 7) is 0. The SMILES string of the molecule is COc1ccc(NC(=O)CSc2nc(N)nc3nc[nH]c23)cc1Br. The number of aromatic amines is 1. The van der Waals surface area contributed by atoms with Crippen LogP contribution in [0.3, 0.4) is 0 Å². The summed E-state index contributed by atoms with van der Waals surface area (Å²) < 4.78 is 5.92. The second kappa shape index (κ2) is 7.05. The number of anilines is 2. The average molecular weight is 409 g/mol. The molecule has 0 atom stereocenters. The molecule has 3 rings (SSSR count). The van der Waals surface area contributed by atoms with Crippen molar-refractivity contribution in [2.24, 2.45) is 0 Å². The summed E-state index contributed by atoms with van der Waals surface area (Å²) in [5.74, 6) is 0.827. The number of rotatable bonds is 5. The predicted molar refractivity (Wildman–Crippen MR) is 96.1 cm³/mol. The molecular formula is C14H13BrN6O2S. The normalized spacial score (nSPS) is 10.8. The van der Waals surface area contributed by atoms with Gasteiger partial charge in [0.05, 0.1) is 23.7 Å². The molecule has 0 aliphatic heterocycles. The Balaban J connectivity index is 1.67. The number of fused-ring (bicyclic) bond motifs is 1. The molecule has 0 aliphatic rings. The number of benzene rings is 1. The van der Waals surface area contributed by atoms with E-state index in [0.29, 0.717) is 27.6 Å². The molecule has 0 aliphatic carbocycles. The van der Waals surface area contributed by atoms with Gasteiger partial charge < -0.3 is 20.8 Å². The Labute approximate surface area is 149 Å². The molecule has 2 aromatic heterocycles. The van der Waals surface area contributed by atoms with Gasteiger partial charge in [0, 0.05) is 5.69 Å². The van der Waals surface area contributed by atoms with Gasteiger partial charge in [0.15, 0.2) is 5.65 Å². The molecule has 4 N–H and O–H groups in total. The van der Waals surface area contributed by atoms with Gasteiger partial charge in [0.25, 0.3) is 0 Å². The molecule has 3 aromatic rings. The standard InChI is InChI=1S/C14H13BrN6O2S/c1-23-9-3-2-7(4-8(9)15)19-10(22)5-24-13-11-12(18-6-17-11)20-14(16)21-13/h2-4,6H,5H2,1H3,(H,19,22)(H3,16,17,18,20,21). The van der Waals surface area contributed by atoms with Gasteiger partial charge in [0.2, 0.25) is 11.9 Å². The molecule has 8 nitrogen and oxygen atoms in total. The largest absolute Gasteiger partial charge is 0.496 e. The smallest absolute Gasteiger partial charge is 0.234 e. The molecule has 2 heterocycles. The van der Waals surface area contributed by atoms with Gasteiger partial charge in [-0.05, 0) is 34.1 Å². The van der Waals surface area contributed by atoms with E-state index in [2.05, 4.69) is 41.2 Å². The van der Waals surface area contributed by atoms with Crippen molar-refractivity contribution in [2.45, 2.75) is 5.03 Å². The monoisotopic (exact) mass is 408 g/mol. The summed E-state index contributed by atoms with van der Waals surface area (Å²) in [6.07, 6.45) is 1.51. The van der Waals surface area contributed by atoms with Crippen molar-refractivity contribution in [3.63, 3.8) is 0 Å². The Morgan fingerprint density at radius 1 is 1.46 bits per heavy atom. The maximum absolute atomic E-state index is 12.1. The number of carbonyl (C=O) groups is 1. The van der Waals surface area contributed by atoms with E-state index in [1.165, 1.54) is 18.1 Å². The van der Waals surface area contributed by atoms with E-state index in [1.807, 2.05) is 0 Å². The van der Waals surface area contributed by atoms with E-state index in [-0.39, 0.29) is 17.6 Å². The third-order valence-corrected chi connectivity index (χ3v) is 4.64. The number of imidazole rings is 1. The van der Waals surface area contributed by atoms with Gasteiger partial charge in [-0.25, -0.2) is 9.97 Å². The van der Waals surface area contributed by atoms with Crippen molar-refractivity contribution in [1.82, 2.24) is 19.9 Å². The lowest BCUT2D eigenvalue weighted by Crippen LogP contribution is -2.14. The highest BCUT2D eigenvalue weighted by Crippen LogP contribution is 2.28. The van der Waals surface area contributed by atoms with Crippen molar-refractivity contribution < 1.29 is 9.53 Å². The van der Waals surface area contributed by atoms with Crippen LogP contribution < -0.4 is 15.8 Å². The number of nitrogens with one attached hydrogen (secondary N) is 2. The van der Waals surface area contributed by atoms with Gasteiger partial charge in [-0.2, -0.15) is 4.98 Å². The van der Waals surface area contributed by atoms with Gasteiger partial charge in [-0.3, -0.25) is 4.79 Å². The molecule has 0 spiro atoms. The van der Waals surface area contributed by atoms with E-state index >= 15 is 0 Å². The first-order chi connectivity index (χ1) is 11.6. The first-order valence-corrected chi connectivity index (χ1v) is 8.57. The fourth-order valence-electron chi connectivity index (χ4n) is 2.00. The number of ether oxygens (including phenoxy) is 1. The molecule has 24 heavy (non-hydrogen) atoms. The predicted octanol–water partition coefficient (Wildman–Crippen LogP) is 2.44. The number of carbonyl (C=O) groups excluding carboxylic acids is 1. The zero-order valence-corrected chi connectivity index (χ0v) is 14.9. The van der Waals surface area contributed by atoms with E-state index in [1.54, 1.807) is 25.3 Å². The average Bonchev–Trinajstić information content (AvgIpc) is 3.01. The number of thioether (sulfide) groups is 1. The lowest BCUT2D eigenvalue weighted by Gasteiger charge is -2.08. The van der Waals surface area contributed by atoms with Crippen molar-refractivity contribution >= 4 is 56.4 Å². The van der Waals surface area contributed by atoms with Crippen molar-refractivity contribution in [3.8, 4) is 5.75 Å². The molecule has 0 radical (unpaired) electrons. The number of nitrogens with two attached hydrogens (primary N) is 1. The third kappa shape index (κ3) is 3.60. The highest BCUT2D eigenvalue weighted by atomic mass is 79.9. The maximum atomic E-state index is 12.1. The lowest BCUT2D eigenvalue weighted by molar-refractivity contribution is -0.113. The van der Waals surface area contributed by atoms with Gasteiger partial charge >= 0.3 is 0 Å². The molecule has 0 unspecified atom stereocenters. The molecule has 124 valence electrons. The van der Waals surface area contributed by atoms with Crippen LogP contribution >= 0.6 is 27.7 Å². The number of hydrogen-bond acceptors (Lipinski definition) is 7. The molecule has 1 aromatic carbocycles. The Morgan fingerprint density at radius 2 is 2.29 bits per heavy atom. The minimum Gasteiger partial charge on any atom is -0.496 e. The quantitative estimate of drug-likeness (QED) is 0.438. The van der Waals surface area contributed by atoms with Crippen molar-refractivity contribution in [3.05, 3.63) is 29.0 Å². The Kier molecular flexibility index (Phi) is 4.86. The summed E-state index contributed by atoms with van der Waals surface area (Å²) in [5.41, 5.74) is 7.46. The number of methoxy groups -OCH3 is 1. The van der Waals surface area contributed by atoms with E-state index < -0.39 is 0 Å². The van der Waals surface area contributed by atoms with Crippen LogP contribution in [0.25, 0.3) is 11.2 Å². The zero-order chi connectivity index (χ0) is 17.1. The highest BCUT2D eigenvalue weighted by Gasteiger charge is 2.12. The van der Waals surface area contributed by atoms with Crippen LogP contribution in [0, 0.1) is 0 Å². The number of halogens is 1. The number of nitrogen functional groups attached to an aromatic ring is 1. The van der Waals surface area contributed by atoms with Crippen LogP contribution in [0.4, 0.5) is 11.6 Å². The molecular weight excluding hydrogens is 396 g/mol. The number of amides is 1. The van der Waals surface area contributed by atoms with E-state index in [4.69, 9.17) is 10.5 Å². The highest BCUT2D eigenvalue weighted by molar-refractivity contribution is 9.10. The van der Waals surface area contributed by atoms with Gasteiger partial charge in [0.1, 0.15) is 16.3 Å². The van der Waals surface area contributed by atoms with Crippen LogP contribution in [0.2, 0.25) is 0 Å². The van der Waals surface area contributed by atoms with Crippen LogP contribution in [0.15, 0.2) is 34.0 Å². The molecule has 10 heteroatoms. The van der Waals surface area contributed by atoms with E-state index in [9.17, 15) is 4.79 Å². The van der Waals surface area contributed by atoms with Crippen LogP contribution in [-0.2, 0) is 4.79 Å². The van der Waals surface area contributed by atoms with Crippen LogP contribution in [0.5, 0.6) is 5.75 Å². The summed E-state index contributed by atoms with van der Waals surface area (Å²) in [4.78, 5) is 27.3. The fraction of sp³-hybridized carbons (Fsp3) is 0.143. The van der Waals surface area contributed by atoms with Gasteiger partial charge in [-0.15, -0.1) is 0 Å². The second-order valence-corrected chi connectivity index (χ2v) is 6.49. The number of H-pyrrole nitrogens is 1. The summed E-state index contributed by atoms with van der Waals surface area (Å²) >= 11 is 4.64. The van der Waals surface area contributed by atoms with Crippen LogP contribution in [-0.4, -0.2) is 38.7 Å². The number of aromatic nitrogens is 4. The van der Waals surface area contributed by atoms with Crippen LogP contribution in [0.1, 0.15) is 0 Å². The summed E-state index contributed by atoms with van der Waals surface area (Å²) in [5, 5.41) is 3.40. The second-order valence-electron chi connectivity index (χ2n) is 4.67. The molecule has 0 saturated heterocycles. The Hall–Kier alpha value is -2.33. The first kappa shape index (κ1) is 16.5. The lowest BCUT2D eigenvalue weighted by atomic mass is 10.3. The molecule has 0 saturated carbocycles. The fourth-order valence-corrected chi connectivity index (χ4v) is 3.34. The molecule has 1 amide bonds. The summed E-state index contributed by atoms with van der Waals surface area (Å²) in [7, 11) is 1.58. The Morgan fingerprint density at radius 3 is 3.04 bits per heavy atom. The third-order valence-electron chi connectivity index (χ3n) is 3.05. The summed E-state index contributed by atoms with van der Waals surface area (Å²) in [6, 6.07) is 5.31. The number of nitrogens with zero attached hydrogens (tertiary/aromatic N) is 3. The molecule has 0 bridgehead atoms. The topological polar surface area (TPSA) is 119 Å². The minimum absolute atomic E-state index is 0.122. The van der Waals surface area contributed by atoms with Crippen molar-refractivity contribution in [1.29, 1.82) is 0 Å². The van der Waals surface area contributed by atoms with E-state index in [0.717, 1.165) is 4.47 Å². The van der Waals surface area contributed by atoms with Crippen molar-refractivity contribution in [2.75, 3.05) is 23.9 Å². The van der Waals surface area contributed by atoms with Gasteiger partial charge in [-0.1, -0.05) is 11.8 Å². The Bertz CT molecular complexity index is 900. The minimum atomic E-state index is -0.165. The number of hydrogen-bond donors (Lipinski definition) is 3. The molecule has 0 fully saturated rings. The zero-order valence-electron chi connectivity index (χ0n) is 12.5. The first-order valence-electron chi connectivity index (χ1n) is 6.79. The maximum Gasteiger partial charge on any atom is 0.234 e.